The number of urea groups is 1. The Morgan fingerprint density at radius 2 is 1.36 bits per heavy atom. The molecule has 1 unspecified atom stereocenters. The average molecular weight is 601 g/mol. The van der Waals surface area contributed by atoms with Crippen molar-refractivity contribution in [2.24, 2.45) is 5.73 Å². The van der Waals surface area contributed by atoms with E-state index in [9.17, 15) is 14.4 Å². The Morgan fingerprint density at radius 1 is 0.773 bits per heavy atom. The molecule has 4 heterocycles. The number of likely N-dealkylation sites (tertiary alicyclic amines) is 1. The van der Waals surface area contributed by atoms with Gasteiger partial charge in [-0.2, -0.15) is 4.98 Å². The molecule has 4 amide bonds. The minimum atomic E-state index is -0.578. The number of nitrogens with two attached hydrogens (primary N) is 1. The lowest BCUT2D eigenvalue weighted by molar-refractivity contribution is -0.121. The van der Waals surface area contributed by atoms with Gasteiger partial charge in [0, 0.05) is 61.3 Å². The Morgan fingerprint density at radius 3 is 1.98 bits per heavy atom. The molecule has 44 heavy (non-hydrogen) atoms. The molecule has 13 heteroatoms. The van der Waals surface area contributed by atoms with E-state index in [-0.39, 0.29) is 5.91 Å². The van der Waals surface area contributed by atoms with Gasteiger partial charge in [0.1, 0.15) is 11.9 Å². The Balaban J connectivity index is 1.11. The summed E-state index contributed by atoms with van der Waals surface area (Å²) in [4.78, 5) is 52.9. The smallest absolute Gasteiger partial charge is 0.323 e. The number of carbonyl (C=O) groups is 3. The highest BCUT2D eigenvalue weighted by molar-refractivity contribution is 6.01. The number of benzene rings is 2. The van der Waals surface area contributed by atoms with Crippen LogP contribution in [0, 0.1) is 0 Å². The number of nitrogens with one attached hydrogen (secondary N) is 2. The first kappa shape index (κ1) is 29.3. The highest BCUT2D eigenvalue weighted by atomic mass is 16.5. The average Bonchev–Trinajstić information content (AvgIpc) is 3.57. The van der Waals surface area contributed by atoms with Crippen molar-refractivity contribution < 1.29 is 23.9 Å². The third-order valence-electron chi connectivity index (χ3n) is 8.00. The number of primary amides is 1. The second kappa shape index (κ2) is 13.3. The molecule has 230 valence electrons. The van der Waals surface area contributed by atoms with Crippen LogP contribution in [0.4, 0.5) is 27.9 Å². The lowest BCUT2D eigenvalue weighted by atomic mass is 10.1. The van der Waals surface area contributed by atoms with Gasteiger partial charge in [0.25, 0.3) is 5.91 Å². The van der Waals surface area contributed by atoms with E-state index < -0.39 is 18.0 Å². The minimum Gasteiger partial charge on any atom is -0.378 e. The summed E-state index contributed by atoms with van der Waals surface area (Å²) in [6.45, 7) is 6.10. The first-order valence-electron chi connectivity index (χ1n) is 14.9. The molecule has 0 radical (unpaired) electrons. The maximum absolute atomic E-state index is 12.9. The molecule has 3 saturated heterocycles. The minimum absolute atomic E-state index is 0.250. The lowest BCUT2D eigenvalue weighted by Gasteiger charge is -2.31. The van der Waals surface area contributed by atoms with Gasteiger partial charge in [-0.3, -0.25) is 9.59 Å². The zero-order valence-electron chi connectivity index (χ0n) is 24.4. The number of ether oxygens (including phenoxy) is 2. The van der Waals surface area contributed by atoms with Crippen molar-refractivity contribution in [3.05, 3.63) is 60.2 Å². The Bertz CT molecular complexity index is 1450. The summed E-state index contributed by atoms with van der Waals surface area (Å²) in [7, 11) is 0. The van der Waals surface area contributed by atoms with Crippen molar-refractivity contribution in [3.63, 3.8) is 0 Å². The van der Waals surface area contributed by atoms with Crippen molar-refractivity contribution in [1.82, 2.24) is 14.9 Å². The summed E-state index contributed by atoms with van der Waals surface area (Å²) in [5.74, 6) is 0.795. The largest absolute Gasteiger partial charge is 0.378 e. The van der Waals surface area contributed by atoms with Crippen LogP contribution in [-0.2, 0) is 14.3 Å². The number of nitrogens with zero attached hydrogens (tertiary/aromatic N) is 5. The number of amides is 4. The summed E-state index contributed by atoms with van der Waals surface area (Å²) < 4.78 is 11.0. The summed E-state index contributed by atoms with van der Waals surface area (Å²) >= 11 is 0. The van der Waals surface area contributed by atoms with Gasteiger partial charge in [-0.25, -0.2) is 9.78 Å². The molecule has 4 N–H and O–H groups in total. The molecule has 3 fully saturated rings. The second-order valence-electron chi connectivity index (χ2n) is 10.9. The number of carbonyl (C=O) groups excluding carboxylic acids is 3. The maximum atomic E-state index is 12.9. The van der Waals surface area contributed by atoms with Crippen LogP contribution in [0.25, 0.3) is 11.3 Å². The Labute approximate surface area is 255 Å². The molecule has 2 aromatic carbocycles. The van der Waals surface area contributed by atoms with Crippen molar-refractivity contribution in [3.8, 4) is 11.3 Å². The molecule has 3 aliphatic heterocycles. The molecular weight excluding hydrogens is 564 g/mol. The topological polar surface area (TPSA) is 155 Å². The van der Waals surface area contributed by atoms with Crippen LogP contribution in [-0.4, -0.2) is 97.9 Å². The predicted molar refractivity (Wildman–Crippen MR) is 166 cm³/mol. The van der Waals surface area contributed by atoms with E-state index >= 15 is 0 Å². The van der Waals surface area contributed by atoms with Crippen LogP contribution >= 0.6 is 0 Å². The van der Waals surface area contributed by atoms with Gasteiger partial charge in [-0.1, -0.05) is 12.1 Å². The fraction of sp³-hybridized carbons (Fsp3) is 0.387. The van der Waals surface area contributed by atoms with E-state index in [1.807, 2.05) is 30.3 Å². The van der Waals surface area contributed by atoms with E-state index in [1.165, 1.54) is 4.90 Å². The SMILES string of the molecule is NC(=O)C1CCCN1C(=O)c1ccc(NC(=O)Nc2ccc(-c3cc(N4CCOCC4)nc(N4CCOCC4)n3)cc2)cc1. The van der Waals surface area contributed by atoms with Crippen LogP contribution in [0.3, 0.4) is 0 Å². The molecular formula is C31H36N8O5. The molecule has 0 aliphatic carbocycles. The van der Waals surface area contributed by atoms with Crippen LogP contribution in [0.5, 0.6) is 0 Å². The van der Waals surface area contributed by atoms with Gasteiger partial charge in [0.15, 0.2) is 0 Å². The zero-order valence-corrected chi connectivity index (χ0v) is 24.4. The number of morpholine rings is 2. The predicted octanol–water partition coefficient (Wildman–Crippen LogP) is 2.55. The molecule has 0 bridgehead atoms. The first-order chi connectivity index (χ1) is 21.4. The van der Waals surface area contributed by atoms with Gasteiger partial charge in [0.2, 0.25) is 11.9 Å². The molecule has 0 spiro atoms. The molecule has 13 nitrogen and oxygen atoms in total. The molecule has 3 aromatic rings. The maximum Gasteiger partial charge on any atom is 0.323 e. The summed E-state index contributed by atoms with van der Waals surface area (Å²) in [5, 5.41) is 5.63. The fourth-order valence-corrected chi connectivity index (χ4v) is 5.61. The zero-order chi connectivity index (χ0) is 30.5. The molecule has 1 atom stereocenters. The monoisotopic (exact) mass is 600 g/mol. The highest BCUT2D eigenvalue weighted by Crippen LogP contribution is 2.27. The van der Waals surface area contributed by atoms with Crippen LogP contribution < -0.4 is 26.2 Å². The standard InChI is InChI=1S/C31H36N8O5/c32-28(40)26-2-1-11-39(26)29(41)22-5-9-24(10-6-22)34-31(42)33-23-7-3-21(4-8-23)25-20-27(37-12-16-43-17-13-37)36-30(35-25)38-14-18-44-19-15-38/h3-10,20,26H,1-2,11-19H2,(H2,32,40)(H2,33,34,42). The number of aromatic nitrogens is 2. The fourth-order valence-electron chi connectivity index (χ4n) is 5.61. The summed E-state index contributed by atoms with van der Waals surface area (Å²) in [5.41, 5.74) is 8.71. The van der Waals surface area contributed by atoms with Crippen molar-refractivity contribution >= 4 is 41.0 Å². The van der Waals surface area contributed by atoms with Crippen molar-refractivity contribution in [1.29, 1.82) is 0 Å². The van der Waals surface area contributed by atoms with Crippen molar-refractivity contribution in [2.45, 2.75) is 18.9 Å². The third-order valence-corrected chi connectivity index (χ3v) is 8.00. The lowest BCUT2D eigenvalue weighted by Crippen LogP contribution is -2.43. The quantitative estimate of drug-likeness (QED) is 0.371. The van der Waals surface area contributed by atoms with E-state index in [4.69, 9.17) is 25.2 Å². The molecule has 0 saturated carbocycles. The summed E-state index contributed by atoms with van der Waals surface area (Å²) in [6, 6.07) is 15.0. The number of anilines is 4. The molecule has 1 aromatic heterocycles. The second-order valence-corrected chi connectivity index (χ2v) is 10.9. The normalized spacial score (nSPS) is 18.6. The van der Waals surface area contributed by atoms with Gasteiger partial charge in [-0.15, -0.1) is 0 Å². The highest BCUT2D eigenvalue weighted by Gasteiger charge is 2.33. The van der Waals surface area contributed by atoms with E-state index in [2.05, 4.69) is 20.4 Å². The Hall–Kier alpha value is -4.75. The summed E-state index contributed by atoms with van der Waals surface area (Å²) in [6.07, 6.45) is 1.32. The van der Waals surface area contributed by atoms with Gasteiger partial charge < -0.3 is 40.5 Å². The van der Waals surface area contributed by atoms with Gasteiger partial charge in [0.05, 0.1) is 32.1 Å². The molecule has 3 aliphatic rings. The van der Waals surface area contributed by atoms with Crippen LogP contribution in [0.1, 0.15) is 23.2 Å². The number of rotatable bonds is 7. The van der Waals surface area contributed by atoms with Crippen LogP contribution in [0.15, 0.2) is 54.6 Å². The van der Waals surface area contributed by atoms with E-state index in [1.54, 1.807) is 24.3 Å². The van der Waals surface area contributed by atoms with Gasteiger partial charge in [-0.05, 0) is 49.2 Å². The van der Waals surface area contributed by atoms with Crippen molar-refractivity contribution in [2.75, 3.05) is 79.6 Å². The van der Waals surface area contributed by atoms with Crippen LogP contribution in [0.2, 0.25) is 0 Å². The van der Waals surface area contributed by atoms with Gasteiger partial charge >= 0.3 is 6.03 Å². The van der Waals surface area contributed by atoms with E-state index in [0.29, 0.717) is 62.3 Å². The first-order valence-corrected chi connectivity index (χ1v) is 14.9. The number of hydrogen-bond donors (Lipinski definition) is 3. The molecule has 6 rings (SSSR count). The third kappa shape index (κ3) is 6.74. The number of hydrogen-bond acceptors (Lipinski definition) is 9. The Kier molecular flexibility index (Phi) is 8.84. The van der Waals surface area contributed by atoms with E-state index in [0.717, 1.165) is 49.7 Å².